The second kappa shape index (κ2) is 5.61. The van der Waals surface area contributed by atoms with E-state index in [1.54, 1.807) is 19.3 Å². The summed E-state index contributed by atoms with van der Waals surface area (Å²) < 4.78 is 0. The molecule has 2 rings (SSSR count). The molecule has 0 atom stereocenters. The van der Waals surface area contributed by atoms with Crippen molar-refractivity contribution < 1.29 is 4.79 Å². The number of aromatic nitrogens is 1. The number of benzene rings is 1. The Bertz CT molecular complexity index is 608. The molecule has 1 aromatic heterocycles. The van der Waals surface area contributed by atoms with Crippen molar-refractivity contribution in [3.63, 3.8) is 0 Å². The zero-order valence-electron chi connectivity index (χ0n) is 11.9. The molecule has 5 heteroatoms. The Hall–Kier alpha value is -2.56. The van der Waals surface area contributed by atoms with Crippen LogP contribution in [0.4, 0.5) is 17.1 Å². The first kappa shape index (κ1) is 13.9. The molecule has 104 valence electrons. The van der Waals surface area contributed by atoms with Crippen LogP contribution in [0, 0.1) is 0 Å². The van der Waals surface area contributed by atoms with Gasteiger partial charge in [0, 0.05) is 38.6 Å². The van der Waals surface area contributed by atoms with Gasteiger partial charge >= 0.3 is 0 Å². The van der Waals surface area contributed by atoms with Crippen LogP contribution >= 0.6 is 0 Å². The first-order valence-electron chi connectivity index (χ1n) is 6.25. The molecule has 0 unspecified atom stereocenters. The fourth-order valence-electron chi connectivity index (χ4n) is 1.91. The smallest absolute Gasteiger partial charge is 0.258 e. The van der Waals surface area contributed by atoms with Crippen molar-refractivity contribution in [3.05, 3.63) is 48.3 Å². The molecule has 0 aliphatic heterocycles. The van der Waals surface area contributed by atoms with Crippen LogP contribution in [0.25, 0.3) is 0 Å². The highest BCUT2D eigenvalue weighted by atomic mass is 16.2. The lowest BCUT2D eigenvalue weighted by molar-refractivity contribution is 0.0993. The summed E-state index contributed by atoms with van der Waals surface area (Å²) in [5, 5.41) is 0. The topological polar surface area (TPSA) is 62.5 Å². The van der Waals surface area contributed by atoms with Crippen molar-refractivity contribution >= 4 is 23.0 Å². The van der Waals surface area contributed by atoms with Gasteiger partial charge in [-0.25, -0.2) is 0 Å². The minimum absolute atomic E-state index is 0.104. The molecule has 0 aliphatic rings. The average Bonchev–Trinajstić information content (AvgIpc) is 2.46. The molecule has 0 saturated heterocycles. The number of nitrogen functional groups attached to an aromatic ring is 1. The number of carbonyl (C=O) groups is 1. The second-order valence-corrected chi connectivity index (χ2v) is 4.74. The van der Waals surface area contributed by atoms with Gasteiger partial charge in [0.1, 0.15) is 0 Å². The third kappa shape index (κ3) is 2.71. The molecule has 0 saturated carbocycles. The zero-order valence-corrected chi connectivity index (χ0v) is 11.9. The maximum absolute atomic E-state index is 12.4. The zero-order chi connectivity index (χ0) is 14.7. The summed E-state index contributed by atoms with van der Waals surface area (Å²) in [5.41, 5.74) is 8.64. The Morgan fingerprint density at radius 2 is 1.75 bits per heavy atom. The molecule has 0 spiro atoms. The molecular weight excluding hydrogens is 252 g/mol. The molecule has 0 fully saturated rings. The molecule has 2 aromatic rings. The van der Waals surface area contributed by atoms with Crippen LogP contribution in [0.1, 0.15) is 10.4 Å². The van der Waals surface area contributed by atoms with Gasteiger partial charge < -0.3 is 15.5 Å². The quantitative estimate of drug-likeness (QED) is 0.926. The molecular formula is C15H18N4O. The standard InChI is InChI=1S/C15H18N4O/c1-18(2)12-6-4-11(5-7-12)15(20)19(3)14-8-9-17-10-13(14)16/h4-10H,16H2,1-3H3. The summed E-state index contributed by atoms with van der Waals surface area (Å²) >= 11 is 0. The Morgan fingerprint density at radius 1 is 1.10 bits per heavy atom. The van der Waals surface area contributed by atoms with E-state index < -0.39 is 0 Å². The van der Waals surface area contributed by atoms with E-state index in [2.05, 4.69) is 4.98 Å². The van der Waals surface area contributed by atoms with Crippen LogP contribution in [0.15, 0.2) is 42.7 Å². The number of amides is 1. The largest absolute Gasteiger partial charge is 0.396 e. The van der Waals surface area contributed by atoms with Crippen molar-refractivity contribution in [1.29, 1.82) is 0 Å². The summed E-state index contributed by atoms with van der Waals surface area (Å²) in [6.45, 7) is 0. The molecule has 1 heterocycles. The normalized spacial score (nSPS) is 10.2. The van der Waals surface area contributed by atoms with Crippen LogP contribution < -0.4 is 15.5 Å². The fraction of sp³-hybridized carbons (Fsp3) is 0.200. The molecule has 1 aromatic carbocycles. The first-order chi connectivity index (χ1) is 9.50. The Morgan fingerprint density at radius 3 is 2.30 bits per heavy atom. The van der Waals surface area contributed by atoms with Gasteiger partial charge in [-0.15, -0.1) is 0 Å². The van der Waals surface area contributed by atoms with Crippen molar-refractivity contribution in [3.8, 4) is 0 Å². The van der Waals surface area contributed by atoms with Gasteiger partial charge in [0.05, 0.1) is 17.6 Å². The van der Waals surface area contributed by atoms with Crippen molar-refractivity contribution in [1.82, 2.24) is 4.98 Å². The molecule has 5 nitrogen and oxygen atoms in total. The minimum atomic E-state index is -0.104. The molecule has 20 heavy (non-hydrogen) atoms. The van der Waals surface area contributed by atoms with E-state index in [1.165, 1.54) is 11.1 Å². The molecule has 0 bridgehead atoms. The van der Waals surface area contributed by atoms with E-state index >= 15 is 0 Å². The van der Waals surface area contributed by atoms with Gasteiger partial charge in [-0.1, -0.05) is 0 Å². The number of hydrogen-bond donors (Lipinski definition) is 1. The maximum atomic E-state index is 12.4. The Labute approximate surface area is 118 Å². The van der Waals surface area contributed by atoms with Crippen LogP contribution in [0.2, 0.25) is 0 Å². The number of carbonyl (C=O) groups excluding carboxylic acids is 1. The van der Waals surface area contributed by atoms with E-state index in [4.69, 9.17) is 5.73 Å². The van der Waals surface area contributed by atoms with E-state index in [0.717, 1.165) is 5.69 Å². The van der Waals surface area contributed by atoms with E-state index in [0.29, 0.717) is 16.9 Å². The lowest BCUT2D eigenvalue weighted by atomic mass is 10.1. The van der Waals surface area contributed by atoms with E-state index in [1.807, 2.05) is 43.3 Å². The Balaban J connectivity index is 2.25. The lowest BCUT2D eigenvalue weighted by Crippen LogP contribution is -2.27. The van der Waals surface area contributed by atoms with Gasteiger partial charge in [0.15, 0.2) is 0 Å². The van der Waals surface area contributed by atoms with Gasteiger partial charge in [-0.2, -0.15) is 0 Å². The monoisotopic (exact) mass is 270 g/mol. The van der Waals surface area contributed by atoms with Crippen LogP contribution in [0.5, 0.6) is 0 Å². The van der Waals surface area contributed by atoms with Crippen LogP contribution in [0.3, 0.4) is 0 Å². The number of nitrogens with two attached hydrogens (primary N) is 1. The Kier molecular flexibility index (Phi) is 3.89. The predicted molar refractivity (Wildman–Crippen MR) is 82.2 cm³/mol. The number of nitrogens with zero attached hydrogens (tertiary/aromatic N) is 3. The molecule has 2 N–H and O–H groups in total. The third-order valence-corrected chi connectivity index (χ3v) is 3.12. The highest BCUT2D eigenvalue weighted by molar-refractivity contribution is 6.07. The van der Waals surface area contributed by atoms with Crippen LogP contribution in [-0.4, -0.2) is 32.0 Å². The second-order valence-electron chi connectivity index (χ2n) is 4.74. The summed E-state index contributed by atoms with van der Waals surface area (Å²) in [6.07, 6.45) is 3.15. The highest BCUT2D eigenvalue weighted by Gasteiger charge is 2.15. The van der Waals surface area contributed by atoms with Gasteiger partial charge in [-0.05, 0) is 30.3 Å². The van der Waals surface area contributed by atoms with Gasteiger partial charge in [0.25, 0.3) is 5.91 Å². The summed E-state index contributed by atoms with van der Waals surface area (Å²) in [5.74, 6) is -0.104. The van der Waals surface area contributed by atoms with E-state index in [9.17, 15) is 4.79 Å². The highest BCUT2D eigenvalue weighted by Crippen LogP contribution is 2.22. The van der Waals surface area contributed by atoms with Gasteiger partial charge in [-0.3, -0.25) is 9.78 Å². The van der Waals surface area contributed by atoms with Crippen LogP contribution in [-0.2, 0) is 0 Å². The van der Waals surface area contributed by atoms with Crippen molar-refractivity contribution in [2.45, 2.75) is 0 Å². The SMILES string of the molecule is CN(C)c1ccc(C(=O)N(C)c2ccncc2N)cc1. The van der Waals surface area contributed by atoms with Crippen molar-refractivity contribution in [2.24, 2.45) is 0 Å². The number of pyridine rings is 1. The summed E-state index contributed by atoms with van der Waals surface area (Å²) in [4.78, 5) is 19.9. The lowest BCUT2D eigenvalue weighted by Gasteiger charge is -2.19. The fourth-order valence-corrected chi connectivity index (χ4v) is 1.91. The molecule has 0 radical (unpaired) electrons. The third-order valence-electron chi connectivity index (χ3n) is 3.12. The summed E-state index contributed by atoms with van der Waals surface area (Å²) in [7, 11) is 5.62. The number of hydrogen-bond acceptors (Lipinski definition) is 4. The maximum Gasteiger partial charge on any atom is 0.258 e. The summed E-state index contributed by atoms with van der Waals surface area (Å²) in [6, 6.07) is 9.17. The first-order valence-corrected chi connectivity index (χ1v) is 6.25. The van der Waals surface area contributed by atoms with E-state index in [-0.39, 0.29) is 5.91 Å². The molecule has 1 amide bonds. The van der Waals surface area contributed by atoms with Crippen molar-refractivity contribution in [2.75, 3.05) is 36.7 Å². The predicted octanol–water partition coefficient (Wildman–Crippen LogP) is 2.01. The molecule has 0 aliphatic carbocycles. The number of anilines is 3. The minimum Gasteiger partial charge on any atom is -0.396 e. The average molecular weight is 270 g/mol. The number of rotatable bonds is 3. The van der Waals surface area contributed by atoms with Gasteiger partial charge in [0.2, 0.25) is 0 Å².